The minimum absolute atomic E-state index is 0.395. The van der Waals surface area contributed by atoms with E-state index in [4.69, 9.17) is 5.73 Å². The summed E-state index contributed by atoms with van der Waals surface area (Å²) in [4.78, 5) is 8.32. The summed E-state index contributed by atoms with van der Waals surface area (Å²) >= 11 is 0. The van der Waals surface area contributed by atoms with Crippen molar-refractivity contribution >= 4 is 21.6 Å². The van der Waals surface area contributed by atoms with Crippen molar-refractivity contribution in [2.45, 2.75) is 4.90 Å². The molecule has 0 aromatic heterocycles. The number of rotatable bonds is 2. The molecular formula is C6H5FN2O4S. The number of para-hydroxylation sites is 1. The second-order valence-corrected chi connectivity index (χ2v) is 3.70. The van der Waals surface area contributed by atoms with Crippen molar-refractivity contribution in [2.75, 3.05) is 5.73 Å². The number of nitrogens with two attached hydrogens (primary N) is 1. The van der Waals surface area contributed by atoms with Gasteiger partial charge >= 0.3 is 15.9 Å². The van der Waals surface area contributed by atoms with Crippen molar-refractivity contribution in [2.24, 2.45) is 0 Å². The van der Waals surface area contributed by atoms with Gasteiger partial charge < -0.3 is 5.73 Å². The number of nitrogen functional groups attached to an aromatic ring is 1. The van der Waals surface area contributed by atoms with E-state index in [-0.39, 0.29) is 0 Å². The van der Waals surface area contributed by atoms with Gasteiger partial charge in [0.2, 0.25) is 0 Å². The molecule has 1 aromatic rings. The van der Waals surface area contributed by atoms with E-state index in [1.807, 2.05) is 0 Å². The Morgan fingerprint density at radius 3 is 2.36 bits per heavy atom. The Balaban J connectivity index is 3.61. The lowest BCUT2D eigenvalue weighted by molar-refractivity contribution is -0.386. The van der Waals surface area contributed by atoms with Crippen LogP contribution in [0.5, 0.6) is 0 Å². The van der Waals surface area contributed by atoms with Crippen LogP contribution in [0.25, 0.3) is 0 Å². The molecule has 0 spiro atoms. The molecule has 1 aromatic carbocycles. The fourth-order valence-corrected chi connectivity index (χ4v) is 1.60. The maximum atomic E-state index is 12.5. The number of anilines is 1. The highest BCUT2D eigenvalue weighted by Gasteiger charge is 2.27. The third-order valence-electron chi connectivity index (χ3n) is 1.48. The van der Waals surface area contributed by atoms with Gasteiger partial charge in [-0.1, -0.05) is 6.07 Å². The SMILES string of the molecule is Nc1cccc(S(=O)(=O)F)c1[N+](=O)[O-]. The van der Waals surface area contributed by atoms with Crippen LogP contribution in [0.1, 0.15) is 0 Å². The summed E-state index contributed by atoms with van der Waals surface area (Å²) in [5, 5.41) is 10.4. The van der Waals surface area contributed by atoms with Gasteiger partial charge in [0.1, 0.15) is 5.69 Å². The zero-order chi connectivity index (χ0) is 10.9. The lowest BCUT2D eigenvalue weighted by Crippen LogP contribution is -2.02. The fraction of sp³-hybridized carbons (Fsp3) is 0. The number of hydrogen-bond acceptors (Lipinski definition) is 5. The molecule has 0 unspecified atom stereocenters. The van der Waals surface area contributed by atoms with Gasteiger partial charge in [0, 0.05) is 0 Å². The van der Waals surface area contributed by atoms with Gasteiger partial charge in [0.25, 0.3) is 0 Å². The maximum Gasteiger partial charge on any atom is 0.339 e. The molecule has 0 bridgehead atoms. The second kappa shape index (κ2) is 3.22. The fourth-order valence-electron chi connectivity index (χ4n) is 0.931. The summed E-state index contributed by atoms with van der Waals surface area (Å²) in [5.74, 6) is 0. The molecule has 1 rings (SSSR count). The molecule has 0 fully saturated rings. The monoisotopic (exact) mass is 220 g/mol. The first-order chi connectivity index (χ1) is 6.34. The van der Waals surface area contributed by atoms with E-state index < -0.39 is 31.4 Å². The number of nitro benzene ring substituents is 1. The standard InChI is InChI=1S/C6H5FN2O4S/c7-14(12,13)5-3-1-2-4(8)6(5)9(10)11/h1-3H,8H2. The lowest BCUT2D eigenvalue weighted by Gasteiger charge is -1.99. The van der Waals surface area contributed by atoms with Gasteiger partial charge in [-0.25, -0.2) is 0 Å². The third kappa shape index (κ3) is 1.79. The van der Waals surface area contributed by atoms with Crippen LogP contribution < -0.4 is 5.73 Å². The van der Waals surface area contributed by atoms with Crippen molar-refractivity contribution in [3.8, 4) is 0 Å². The molecule has 0 aliphatic heterocycles. The second-order valence-electron chi connectivity index (χ2n) is 2.39. The van der Waals surface area contributed by atoms with Crippen LogP contribution in [0.2, 0.25) is 0 Å². The molecule has 0 saturated carbocycles. The minimum atomic E-state index is -5.12. The third-order valence-corrected chi connectivity index (χ3v) is 2.33. The highest BCUT2D eigenvalue weighted by atomic mass is 32.3. The number of benzene rings is 1. The zero-order valence-electron chi connectivity index (χ0n) is 6.68. The molecule has 8 heteroatoms. The molecule has 0 heterocycles. The Morgan fingerprint density at radius 1 is 1.43 bits per heavy atom. The zero-order valence-corrected chi connectivity index (χ0v) is 7.49. The van der Waals surface area contributed by atoms with Crippen LogP contribution in [0.3, 0.4) is 0 Å². The van der Waals surface area contributed by atoms with Crippen LogP contribution in [-0.2, 0) is 10.2 Å². The normalized spacial score (nSPS) is 11.2. The summed E-state index contributed by atoms with van der Waals surface area (Å²) in [6.07, 6.45) is 0. The van der Waals surface area contributed by atoms with Crippen LogP contribution >= 0.6 is 0 Å². The Kier molecular flexibility index (Phi) is 2.39. The molecule has 0 aliphatic carbocycles. The highest BCUT2D eigenvalue weighted by Crippen LogP contribution is 2.30. The topological polar surface area (TPSA) is 103 Å². The number of hydrogen-bond donors (Lipinski definition) is 1. The summed E-state index contributed by atoms with van der Waals surface area (Å²) in [6, 6.07) is 3.02. The Morgan fingerprint density at radius 2 is 2.00 bits per heavy atom. The quantitative estimate of drug-likeness (QED) is 0.344. The van der Waals surface area contributed by atoms with E-state index in [0.29, 0.717) is 0 Å². The largest absolute Gasteiger partial charge is 0.393 e. The van der Waals surface area contributed by atoms with Crippen molar-refractivity contribution in [1.29, 1.82) is 0 Å². The van der Waals surface area contributed by atoms with E-state index >= 15 is 0 Å². The van der Waals surface area contributed by atoms with E-state index in [0.717, 1.165) is 18.2 Å². The van der Waals surface area contributed by atoms with Gasteiger partial charge in [-0.2, -0.15) is 8.42 Å². The summed E-state index contributed by atoms with van der Waals surface area (Å²) in [5.41, 5.74) is 3.82. The minimum Gasteiger partial charge on any atom is -0.393 e. The molecule has 0 radical (unpaired) electrons. The van der Waals surface area contributed by atoms with Crippen molar-refractivity contribution < 1.29 is 17.2 Å². The van der Waals surface area contributed by atoms with Gasteiger partial charge in [-0.15, -0.1) is 3.89 Å². The summed E-state index contributed by atoms with van der Waals surface area (Å²) in [6.45, 7) is 0. The smallest absolute Gasteiger partial charge is 0.339 e. The first-order valence-electron chi connectivity index (χ1n) is 3.31. The van der Waals surface area contributed by atoms with Crippen molar-refractivity contribution in [3.05, 3.63) is 28.3 Å². The van der Waals surface area contributed by atoms with Crippen molar-refractivity contribution in [3.63, 3.8) is 0 Å². The molecule has 0 aliphatic rings. The average Bonchev–Trinajstić information content (AvgIpc) is 2.01. The predicted octanol–water partition coefficient (Wildman–Crippen LogP) is 0.835. The molecule has 76 valence electrons. The molecule has 2 N–H and O–H groups in total. The van der Waals surface area contributed by atoms with Crippen LogP contribution in [-0.4, -0.2) is 13.3 Å². The van der Waals surface area contributed by atoms with Gasteiger partial charge in [-0.05, 0) is 12.1 Å². The van der Waals surface area contributed by atoms with Crippen molar-refractivity contribution in [1.82, 2.24) is 0 Å². The Bertz CT molecular complexity index is 485. The van der Waals surface area contributed by atoms with E-state index in [2.05, 4.69) is 0 Å². The molecule has 14 heavy (non-hydrogen) atoms. The number of nitrogens with zero attached hydrogens (tertiary/aromatic N) is 1. The molecule has 6 nitrogen and oxygen atoms in total. The maximum absolute atomic E-state index is 12.5. The number of halogens is 1. The van der Waals surface area contributed by atoms with E-state index in [1.165, 1.54) is 0 Å². The van der Waals surface area contributed by atoms with Crippen LogP contribution in [0, 0.1) is 10.1 Å². The van der Waals surface area contributed by atoms with Gasteiger partial charge in [-0.3, -0.25) is 10.1 Å². The van der Waals surface area contributed by atoms with E-state index in [9.17, 15) is 22.4 Å². The van der Waals surface area contributed by atoms with Gasteiger partial charge in [0.05, 0.1) is 4.92 Å². The highest BCUT2D eigenvalue weighted by molar-refractivity contribution is 7.86. The first kappa shape index (κ1) is 10.4. The van der Waals surface area contributed by atoms with Crippen LogP contribution in [0.15, 0.2) is 23.1 Å². The van der Waals surface area contributed by atoms with Crippen LogP contribution in [0.4, 0.5) is 15.3 Å². The lowest BCUT2D eigenvalue weighted by atomic mass is 10.3. The molecular weight excluding hydrogens is 215 g/mol. The summed E-state index contributed by atoms with van der Waals surface area (Å²) in [7, 11) is -5.12. The predicted molar refractivity (Wildman–Crippen MR) is 45.8 cm³/mol. The summed E-state index contributed by atoms with van der Waals surface area (Å²) < 4.78 is 33.5. The Hall–Kier alpha value is -1.70. The van der Waals surface area contributed by atoms with E-state index in [1.54, 1.807) is 0 Å². The molecule has 0 amide bonds. The first-order valence-corrected chi connectivity index (χ1v) is 4.70. The molecule has 0 saturated heterocycles. The average molecular weight is 220 g/mol. The Labute approximate surface area is 78.5 Å². The van der Waals surface area contributed by atoms with Gasteiger partial charge in [0.15, 0.2) is 4.90 Å². The molecule has 0 atom stereocenters. The number of nitro groups is 1.